The number of nitrogens with two attached hydrogens (primary N) is 1. The van der Waals surface area contributed by atoms with E-state index in [1.54, 1.807) is 0 Å². The second-order valence-electron chi connectivity index (χ2n) is 4.77. The van der Waals surface area contributed by atoms with Crippen molar-refractivity contribution in [3.63, 3.8) is 0 Å². The molecular formula is C11H16F3N3O2. The zero-order valence-corrected chi connectivity index (χ0v) is 10.2. The zero-order chi connectivity index (χ0) is 14.0. The molecule has 1 aromatic heterocycles. The van der Waals surface area contributed by atoms with Gasteiger partial charge in [0.1, 0.15) is 5.69 Å². The Hall–Kier alpha value is -1.44. The molecule has 0 radical (unpaired) electrons. The summed E-state index contributed by atoms with van der Waals surface area (Å²) in [6.45, 7) is 0.149. The fraction of sp³-hybridized carbons (Fsp3) is 0.727. The van der Waals surface area contributed by atoms with Gasteiger partial charge in [0, 0.05) is 6.61 Å². The van der Waals surface area contributed by atoms with Crippen LogP contribution in [0.15, 0.2) is 6.20 Å². The Morgan fingerprint density at radius 2 is 2.00 bits per heavy atom. The van der Waals surface area contributed by atoms with E-state index >= 15 is 0 Å². The van der Waals surface area contributed by atoms with E-state index in [1.165, 1.54) is 10.9 Å². The fourth-order valence-electron chi connectivity index (χ4n) is 2.36. The van der Waals surface area contributed by atoms with Crippen molar-refractivity contribution in [1.82, 2.24) is 9.78 Å². The quantitative estimate of drug-likeness (QED) is 0.888. The molecule has 1 aliphatic carbocycles. The summed E-state index contributed by atoms with van der Waals surface area (Å²) < 4.78 is 41.5. The molecule has 0 amide bonds. The third-order valence-corrected chi connectivity index (χ3v) is 3.39. The lowest BCUT2D eigenvalue weighted by Gasteiger charge is -2.27. The lowest BCUT2D eigenvalue weighted by Crippen LogP contribution is -2.21. The zero-order valence-electron chi connectivity index (χ0n) is 10.2. The summed E-state index contributed by atoms with van der Waals surface area (Å²) in [5.41, 5.74) is 5.34. The average molecular weight is 279 g/mol. The second kappa shape index (κ2) is 5.28. The molecule has 1 aliphatic rings. The summed E-state index contributed by atoms with van der Waals surface area (Å²) in [5.74, 6) is -0.327. The number of aliphatic hydroxyl groups is 1. The summed E-state index contributed by atoms with van der Waals surface area (Å²) in [7, 11) is 0. The minimum Gasteiger partial charge on any atom is -0.396 e. The van der Waals surface area contributed by atoms with Gasteiger partial charge in [0.05, 0.1) is 12.2 Å². The van der Waals surface area contributed by atoms with Crippen LogP contribution in [-0.4, -0.2) is 27.9 Å². The Bertz CT molecular complexity index is 425. The number of halogens is 3. The lowest BCUT2D eigenvalue weighted by molar-refractivity contribution is -0.276. The van der Waals surface area contributed by atoms with Gasteiger partial charge < -0.3 is 15.6 Å². The van der Waals surface area contributed by atoms with Crippen molar-refractivity contribution in [1.29, 1.82) is 0 Å². The van der Waals surface area contributed by atoms with Crippen LogP contribution in [0.5, 0.6) is 5.88 Å². The van der Waals surface area contributed by atoms with Crippen molar-refractivity contribution in [2.24, 2.45) is 5.92 Å². The molecule has 8 heteroatoms. The molecule has 5 nitrogen and oxygen atoms in total. The van der Waals surface area contributed by atoms with Crippen LogP contribution in [0.1, 0.15) is 31.7 Å². The van der Waals surface area contributed by atoms with Gasteiger partial charge in [0.2, 0.25) is 0 Å². The van der Waals surface area contributed by atoms with Crippen LogP contribution in [0, 0.1) is 5.92 Å². The SMILES string of the molecule is Nc1cn([C@H]2CC[C@H](CO)CC2)nc1OC(F)(F)F. The number of hydrogen-bond acceptors (Lipinski definition) is 4. The van der Waals surface area contributed by atoms with E-state index in [0.29, 0.717) is 0 Å². The molecule has 0 spiro atoms. The minimum absolute atomic E-state index is 0.00989. The van der Waals surface area contributed by atoms with E-state index in [4.69, 9.17) is 10.8 Å². The molecular weight excluding hydrogens is 263 g/mol. The van der Waals surface area contributed by atoms with Crippen LogP contribution in [0.2, 0.25) is 0 Å². The molecule has 1 aromatic rings. The second-order valence-corrected chi connectivity index (χ2v) is 4.77. The van der Waals surface area contributed by atoms with Crippen molar-refractivity contribution in [2.75, 3.05) is 12.3 Å². The maximum Gasteiger partial charge on any atom is 0.574 e. The highest BCUT2D eigenvalue weighted by Crippen LogP contribution is 2.34. The van der Waals surface area contributed by atoms with Gasteiger partial charge in [-0.05, 0) is 31.6 Å². The van der Waals surface area contributed by atoms with Crippen LogP contribution in [0.25, 0.3) is 0 Å². The minimum atomic E-state index is -4.79. The first-order valence-electron chi connectivity index (χ1n) is 6.10. The molecule has 1 fully saturated rings. The van der Waals surface area contributed by atoms with Crippen molar-refractivity contribution >= 4 is 5.69 Å². The van der Waals surface area contributed by atoms with E-state index in [1.807, 2.05) is 0 Å². The van der Waals surface area contributed by atoms with Crippen LogP contribution >= 0.6 is 0 Å². The van der Waals surface area contributed by atoms with Crippen LogP contribution < -0.4 is 10.5 Å². The predicted molar refractivity (Wildman–Crippen MR) is 61.4 cm³/mol. The van der Waals surface area contributed by atoms with E-state index in [9.17, 15) is 13.2 Å². The van der Waals surface area contributed by atoms with Crippen molar-refractivity contribution in [3.8, 4) is 5.88 Å². The standard InChI is InChI=1S/C11H16F3N3O2/c12-11(13,14)19-10-9(15)5-17(16-10)8-3-1-7(6-18)2-4-8/h5,7-8,18H,1-4,6,15H2/t7-,8-. The first-order valence-corrected chi connectivity index (χ1v) is 6.10. The van der Waals surface area contributed by atoms with Gasteiger partial charge in [0.25, 0.3) is 5.88 Å². The van der Waals surface area contributed by atoms with Crippen LogP contribution in [0.3, 0.4) is 0 Å². The normalized spacial score (nSPS) is 24.4. The number of anilines is 1. The highest BCUT2D eigenvalue weighted by atomic mass is 19.4. The van der Waals surface area contributed by atoms with Gasteiger partial charge in [-0.1, -0.05) is 0 Å². The molecule has 19 heavy (non-hydrogen) atoms. The van der Waals surface area contributed by atoms with E-state index < -0.39 is 12.2 Å². The summed E-state index contributed by atoms with van der Waals surface area (Å²) in [6, 6.07) is 0.00989. The summed E-state index contributed by atoms with van der Waals surface area (Å²) >= 11 is 0. The molecule has 0 saturated heterocycles. The topological polar surface area (TPSA) is 73.3 Å². The van der Waals surface area contributed by atoms with Gasteiger partial charge in [0.15, 0.2) is 0 Å². The molecule has 1 saturated carbocycles. The monoisotopic (exact) mass is 279 g/mol. The molecule has 0 aromatic carbocycles. The van der Waals surface area contributed by atoms with E-state index in [-0.39, 0.29) is 24.3 Å². The van der Waals surface area contributed by atoms with Gasteiger partial charge >= 0.3 is 6.36 Å². The lowest BCUT2D eigenvalue weighted by atomic mass is 9.87. The summed E-state index contributed by atoms with van der Waals surface area (Å²) in [4.78, 5) is 0. The number of rotatable bonds is 3. The first-order chi connectivity index (χ1) is 8.89. The van der Waals surface area contributed by atoms with E-state index in [2.05, 4.69) is 9.84 Å². The predicted octanol–water partition coefficient (Wildman–Crippen LogP) is 2.09. The molecule has 2 rings (SSSR count). The number of hydrogen-bond donors (Lipinski definition) is 2. The molecule has 3 N–H and O–H groups in total. The Labute approximate surface area is 108 Å². The van der Waals surface area contributed by atoms with Gasteiger partial charge in [-0.15, -0.1) is 18.3 Å². The summed E-state index contributed by atoms with van der Waals surface area (Å²) in [6.07, 6.45) is -0.241. The Morgan fingerprint density at radius 1 is 1.37 bits per heavy atom. The molecule has 0 atom stereocenters. The Kier molecular flexibility index (Phi) is 3.88. The highest BCUT2D eigenvalue weighted by molar-refractivity contribution is 5.46. The van der Waals surface area contributed by atoms with Crippen molar-refractivity contribution in [3.05, 3.63) is 6.20 Å². The van der Waals surface area contributed by atoms with Gasteiger partial charge in [-0.25, -0.2) is 0 Å². The molecule has 0 unspecified atom stereocenters. The Balaban J connectivity index is 2.04. The smallest absolute Gasteiger partial charge is 0.396 e. The van der Waals surface area contributed by atoms with E-state index in [0.717, 1.165) is 25.7 Å². The number of ether oxygens (including phenoxy) is 1. The van der Waals surface area contributed by atoms with Crippen LogP contribution in [-0.2, 0) is 0 Å². The van der Waals surface area contributed by atoms with Gasteiger partial charge in [-0.3, -0.25) is 4.68 Å². The third-order valence-electron chi connectivity index (χ3n) is 3.39. The number of aromatic nitrogens is 2. The fourth-order valence-corrected chi connectivity index (χ4v) is 2.36. The maximum absolute atomic E-state index is 12.1. The molecule has 0 bridgehead atoms. The summed E-state index contributed by atoms with van der Waals surface area (Å²) in [5, 5.41) is 12.8. The first kappa shape index (κ1) is 14.0. The van der Waals surface area contributed by atoms with Crippen molar-refractivity contribution < 1.29 is 23.0 Å². The largest absolute Gasteiger partial charge is 0.574 e. The Morgan fingerprint density at radius 3 is 2.53 bits per heavy atom. The molecule has 1 heterocycles. The number of nitrogen functional groups attached to an aromatic ring is 1. The molecule has 0 aliphatic heterocycles. The highest BCUT2D eigenvalue weighted by Gasteiger charge is 2.34. The maximum atomic E-state index is 12.1. The molecule has 108 valence electrons. The third kappa shape index (κ3) is 3.52. The number of nitrogens with zero attached hydrogens (tertiary/aromatic N) is 2. The average Bonchev–Trinajstić information content (AvgIpc) is 2.69. The van der Waals surface area contributed by atoms with Crippen molar-refractivity contribution in [2.45, 2.75) is 38.1 Å². The number of aliphatic hydroxyl groups excluding tert-OH is 1. The van der Waals surface area contributed by atoms with Crippen LogP contribution in [0.4, 0.5) is 18.9 Å². The van der Waals surface area contributed by atoms with Gasteiger partial charge in [-0.2, -0.15) is 0 Å². The number of alkyl halides is 3.